The highest BCUT2D eigenvalue weighted by Crippen LogP contribution is 2.32. The van der Waals surface area contributed by atoms with E-state index in [1.165, 1.54) is 43.4 Å². The van der Waals surface area contributed by atoms with Gasteiger partial charge in [0.15, 0.2) is 17.4 Å². The van der Waals surface area contributed by atoms with E-state index in [4.69, 9.17) is 22.1 Å². The van der Waals surface area contributed by atoms with E-state index in [0.717, 1.165) is 15.4 Å². The lowest BCUT2D eigenvalue weighted by Gasteiger charge is -2.24. The van der Waals surface area contributed by atoms with E-state index < -0.39 is 67.9 Å². The largest absolute Gasteiger partial charge is 0.451 e. The fourth-order valence-corrected chi connectivity index (χ4v) is 6.96. The van der Waals surface area contributed by atoms with Gasteiger partial charge in [0.1, 0.15) is 5.75 Å². The summed E-state index contributed by atoms with van der Waals surface area (Å²) >= 11 is 5.80. The molecule has 10 nitrogen and oxygen atoms in total. The van der Waals surface area contributed by atoms with Crippen molar-refractivity contribution in [3.63, 3.8) is 0 Å². The molecule has 44 heavy (non-hydrogen) atoms. The Kier molecular flexibility index (Phi) is 9.80. The number of rotatable bonds is 12. The predicted octanol–water partition coefficient (Wildman–Crippen LogP) is 4.43. The van der Waals surface area contributed by atoms with Crippen LogP contribution in [0.4, 0.5) is 14.5 Å². The molecule has 0 spiro atoms. The van der Waals surface area contributed by atoms with Crippen LogP contribution in [0.1, 0.15) is 0 Å². The lowest BCUT2D eigenvalue weighted by atomic mass is 10.1. The summed E-state index contributed by atoms with van der Waals surface area (Å²) in [5, 5.41) is 1.86. The Balaban J connectivity index is 1.57. The monoisotopic (exact) mass is 666 g/mol. The zero-order chi connectivity index (χ0) is 32.4. The number of fused-ring (bicyclic) bond motifs is 1. The number of hydrogen-bond donors (Lipinski definition) is 1. The second-order valence-corrected chi connectivity index (χ2v) is 14.4. The van der Waals surface area contributed by atoms with Crippen molar-refractivity contribution in [1.29, 1.82) is 0 Å². The Labute approximate surface area is 259 Å². The van der Waals surface area contributed by atoms with Crippen LogP contribution in [0.25, 0.3) is 10.8 Å². The normalized spacial score (nSPS) is 12.2. The molecule has 0 aliphatic carbocycles. The number of sulfonamides is 2. The molecule has 0 unspecified atom stereocenters. The van der Waals surface area contributed by atoms with Crippen molar-refractivity contribution in [1.82, 2.24) is 8.61 Å². The number of likely N-dealkylation sites (N-methyl/N-ethyl adjacent to an activating group) is 1. The van der Waals surface area contributed by atoms with Gasteiger partial charge >= 0.3 is 0 Å². The van der Waals surface area contributed by atoms with E-state index in [1.807, 2.05) is 37.2 Å². The quantitative estimate of drug-likeness (QED) is 0.237. The van der Waals surface area contributed by atoms with Crippen molar-refractivity contribution >= 4 is 54.0 Å². The van der Waals surface area contributed by atoms with Gasteiger partial charge in [-0.3, -0.25) is 4.79 Å². The molecule has 0 radical (unpaired) electrons. The maximum absolute atomic E-state index is 14.9. The van der Waals surface area contributed by atoms with E-state index in [-0.39, 0.29) is 10.6 Å². The van der Waals surface area contributed by atoms with Gasteiger partial charge in [0.25, 0.3) is 0 Å². The zero-order valence-electron chi connectivity index (χ0n) is 23.9. The summed E-state index contributed by atoms with van der Waals surface area (Å²) in [7, 11) is -3.89. The number of carbonyl (C=O) groups excluding carboxylic acids is 1. The molecular formula is C29H29ClF2N4O6S2. The lowest BCUT2D eigenvalue weighted by Crippen LogP contribution is -2.43. The first kappa shape index (κ1) is 33.1. The van der Waals surface area contributed by atoms with E-state index in [9.17, 15) is 30.4 Å². The second kappa shape index (κ2) is 13.0. The molecule has 0 saturated heterocycles. The minimum absolute atomic E-state index is 0.0341. The van der Waals surface area contributed by atoms with Gasteiger partial charge in [0.05, 0.1) is 16.3 Å². The highest BCUT2D eigenvalue weighted by Gasteiger charge is 2.30. The SMILES string of the molecule is CN(C)c1ccc2ccc(S(=O)(=O)N(C)CCN(CC(N)=O)S(=O)(=O)c3cc(F)c(Oc4ccc(Cl)cc4)c(F)c3)cc2c1. The number of anilines is 1. The Morgan fingerprint density at radius 1 is 0.795 bits per heavy atom. The summed E-state index contributed by atoms with van der Waals surface area (Å²) in [6, 6.07) is 16.9. The van der Waals surface area contributed by atoms with Gasteiger partial charge in [-0.15, -0.1) is 0 Å². The van der Waals surface area contributed by atoms with Crippen molar-refractivity contribution in [3.05, 3.63) is 89.5 Å². The third-order valence-corrected chi connectivity index (χ3v) is 10.6. The number of nitrogens with zero attached hydrogens (tertiary/aromatic N) is 3. The molecular weight excluding hydrogens is 638 g/mol. The van der Waals surface area contributed by atoms with Gasteiger partial charge in [0.2, 0.25) is 26.0 Å². The average molecular weight is 667 g/mol. The van der Waals surface area contributed by atoms with Gasteiger partial charge in [-0.05, 0) is 71.4 Å². The highest BCUT2D eigenvalue weighted by molar-refractivity contribution is 7.89. The van der Waals surface area contributed by atoms with Crippen LogP contribution in [0.2, 0.25) is 5.02 Å². The molecule has 4 rings (SSSR count). The molecule has 4 aromatic rings. The van der Waals surface area contributed by atoms with Crippen LogP contribution in [-0.4, -0.2) is 72.1 Å². The Hall–Kier alpha value is -3.82. The third kappa shape index (κ3) is 7.27. The van der Waals surface area contributed by atoms with E-state index in [2.05, 4.69) is 0 Å². The molecule has 0 bridgehead atoms. The number of amides is 1. The molecule has 0 aliphatic rings. The highest BCUT2D eigenvalue weighted by atomic mass is 35.5. The first-order valence-electron chi connectivity index (χ1n) is 13.0. The van der Waals surface area contributed by atoms with Crippen molar-refractivity contribution in [2.24, 2.45) is 5.73 Å². The summed E-state index contributed by atoms with van der Waals surface area (Å²) in [4.78, 5) is 12.8. The van der Waals surface area contributed by atoms with Crippen LogP contribution < -0.4 is 15.4 Å². The second-order valence-electron chi connectivity index (χ2n) is 9.99. The molecule has 4 aromatic carbocycles. The molecule has 1 amide bonds. The summed E-state index contributed by atoms with van der Waals surface area (Å²) in [5.41, 5.74) is 6.13. The number of nitrogens with two attached hydrogens (primary N) is 1. The van der Waals surface area contributed by atoms with E-state index >= 15 is 0 Å². The molecule has 0 aromatic heterocycles. The lowest BCUT2D eigenvalue weighted by molar-refractivity contribution is -0.118. The summed E-state index contributed by atoms with van der Waals surface area (Å²) in [6.07, 6.45) is 0. The predicted molar refractivity (Wildman–Crippen MR) is 164 cm³/mol. The van der Waals surface area contributed by atoms with Gasteiger partial charge in [-0.1, -0.05) is 23.7 Å². The third-order valence-electron chi connectivity index (χ3n) is 6.66. The Bertz CT molecular complexity index is 1900. The molecule has 15 heteroatoms. The molecule has 0 heterocycles. The molecule has 234 valence electrons. The molecule has 0 atom stereocenters. The van der Waals surface area contributed by atoms with Gasteiger partial charge in [-0.25, -0.2) is 25.6 Å². The minimum Gasteiger partial charge on any atom is -0.451 e. The number of primary amides is 1. The van der Waals surface area contributed by atoms with Gasteiger partial charge in [-0.2, -0.15) is 8.61 Å². The molecule has 0 fully saturated rings. The smallest absolute Gasteiger partial charge is 0.243 e. The fourth-order valence-electron chi connectivity index (χ4n) is 4.21. The van der Waals surface area contributed by atoms with Crippen LogP contribution in [0.15, 0.2) is 82.6 Å². The Morgan fingerprint density at radius 2 is 1.41 bits per heavy atom. The topological polar surface area (TPSA) is 130 Å². The maximum atomic E-state index is 14.9. The van der Waals surface area contributed by atoms with Crippen LogP contribution >= 0.6 is 11.6 Å². The van der Waals surface area contributed by atoms with Crippen molar-refractivity contribution in [2.45, 2.75) is 9.79 Å². The summed E-state index contributed by atoms with van der Waals surface area (Å²) < 4.78 is 90.1. The fraction of sp³-hybridized carbons (Fsp3) is 0.207. The van der Waals surface area contributed by atoms with E-state index in [1.54, 1.807) is 6.07 Å². The minimum atomic E-state index is -4.73. The van der Waals surface area contributed by atoms with Crippen molar-refractivity contribution < 1.29 is 35.1 Å². The average Bonchev–Trinajstić information content (AvgIpc) is 2.96. The Morgan fingerprint density at radius 3 is 2.00 bits per heavy atom. The number of benzene rings is 4. The number of halogens is 3. The number of carbonyl (C=O) groups is 1. The van der Waals surface area contributed by atoms with Crippen LogP contribution in [0.3, 0.4) is 0 Å². The number of ether oxygens (including phenoxy) is 1. The maximum Gasteiger partial charge on any atom is 0.243 e. The van der Waals surface area contributed by atoms with Crippen LogP contribution in [-0.2, 0) is 24.8 Å². The standard InChI is InChI=1S/C29H29ClF2N4O6S2/c1-34(2)22-8-4-19-5-11-24(15-20(19)14-22)43(38,39)35(3)12-13-36(18-28(33)37)44(40,41)25-16-26(31)29(27(32)17-25)42-23-9-6-21(30)7-10-23/h4-11,14-17H,12-13,18H2,1-3H3,(H2,33,37). The van der Waals surface area contributed by atoms with Crippen LogP contribution in [0.5, 0.6) is 11.5 Å². The van der Waals surface area contributed by atoms with Gasteiger partial charge in [0, 0.05) is 44.9 Å². The molecule has 2 N–H and O–H groups in total. The van der Waals surface area contributed by atoms with Crippen LogP contribution in [0, 0.1) is 11.6 Å². The first-order chi connectivity index (χ1) is 20.6. The zero-order valence-corrected chi connectivity index (χ0v) is 26.3. The number of hydrogen-bond acceptors (Lipinski definition) is 7. The first-order valence-corrected chi connectivity index (χ1v) is 16.2. The van der Waals surface area contributed by atoms with E-state index in [0.29, 0.717) is 26.8 Å². The summed E-state index contributed by atoms with van der Waals surface area (Å²) in [5.74, 6) is -4.52. The van der Waals surface area contributed by atoms with Crippen molar-refractivity contribution in [2.75, 3.05) is 45.7 Å². The molecule has 0 saturated carbocycles. The summed E-state index contributed by atoms with van der Waals surface area (Å²) in [6.45, 7) is -1.83. The van der Waals surface area contributed by atoms with Crippen molar-refractivity contribution in [3.8, 4) is 11.5 Å². The molecule has 0 aliphatic heterocycles. The van der Waals surface area contributed by atoms with Gasteiger partial charge < -0.3 is 15.4 Å².